The van der Waals surface area contributed by atoms with Gasteiger partial charge in [-0.1, -0.05) is 36.2 Å². The first kappa shape index (κ1) is 21.0. The van der Waals surface area contributed by atoms with Crippen molar-refractivity contribution in [1.29, 1.82) is 0 Å². The number of anilines is 1. The van der Waals surface area contributed by atoms with Crippen LogP contribution in [0.1, 0.15) is 19.8 Å². The largest absolute Gasteiger partial charge is 0.341 e. The Bertz CT molecular complexity index is 948. The number of nitrogens with zero attached hydrogens (tertiary/aromatic N) is 2. The average Bonchev–Trinajstić information content (AvgIpc) is 2.66. The minimum atomic E-state index is -3.97. The summed E-state index contributed by atoms with van der Waals surface area (Å²) in [6, 6.07) is 12.4. The van der Waals surface area contributed by atoms with Crippen LogP contribution in [0.3, 0.4) is 0 Å². The lowest BCUT2D eigenvalue weighted by Crippen LogP contribution is -2.46. The SMILES string of the molecule is CC1CCCN(C(=O)CN(c2cccc(Cl)c2)S(=O)(=O)c2ccc(Cl)cc2)C1. The number of benzene rings is 2. The Morgan fingerprint density at radius 2 is 1.86 bits per heavy atom. The molecule has 150 valence electrons. The maximum absolute atomic E-state index is 13.3. The molecule has 1 aliphatic rings. The molecule has 0 radical (unpaired) electrons. The molecular formula is C20H22Cl2N2O3S. The van der Waals surface area contributed by atoms with Crippen LogP contribution in [0.15, 0.2) is 53.4 Å². The van der Waals surface area contributed by atoms with Crippen LogP contribution >= 0.6 is 23.2 Å². The molecule has 2 aromatic rings. The molecule has 8 heteroatoms. The Balaban J connectivity index is 1.95. The number of rotatable bonds is 5. The van der Waals surface area contributed by atoms with Gasteiger partial charge in [0.05, 0.1) is 10.6 Å². The highest BCUT2D eigenvalue weighted by Crippen LogP contribution is 2.27. The Morgan fingerprint density at radius 3 is 2.50 bits per heavy atom. The van der Waals surface area contributed by atoms with Crippen molar-refractivity contribution in [3.05, 3.63) is 58.6 Å². The molecule has 0 spiro atoms. The van der Waals surface area contributed by atoms with Crippen LogP contribution < -0.4 is 4.31 Å². The first-order valence-electron chi connectivity index (χ1n) is 9.09. The maximum Gasteiger partial charge on any atom is 0.264 e. The summed E-state index contributed by atoms with van der Waals surface area (Å²) >= 11 is 12.0. The summed E-state index contributed by atoms with van der Waals surface area (Å²) in [5, 5.41) is 0.833. The van der Waals surface area contributed by atoms with Crippen molar-refractivity contribution < 1.29 is 13.2 Å². The zero-order valence-corrected chi connectivity index (χ0v) is 17.8. The number of hydrogen-bond donors (Lipinski definition) is 0. The van der Waals surface area contributed by atoms with Crippen molar-refractivity contribution in [2.45, 2.75) is 24.7 Å². The number of carbonyl (C=O) groups excluding carboxylic acids is 1. The second kappa shape index (κ2) is 8.72. The molecule has 0 bridgehead atoms. The minimum Gasteiger partial charge on any atom is -0.341 e. The molecule has 0 aliphatic carbocycles. The van der Waals surface area contributed by atoms with Gasteiger partial charge in [0.2, 0.25) is 5.91 Å². The molecule has 0 saturated carbocycles. The first-order chi connectivity index (χ1) is 13.3. The van der Waals surface area contributed by atoms with E-state index in [1.165, 1.54) is 24.3 Å². The van der Waals surface area contributed by atoms with Crippen LogP contribution in [0.4, 0.5) is 5.69 Å². The fraction of sp³-hybridized carbons (Fsp3) is 0.350. The Morgan fingerprint density at radius 1 is 1.14 bits per heavy atom. The molecular weight excluding hydrogens is 419 g/mol. The van der Waals surface area contributed by atoms with E-state index in [1.807, 2.05) is 0 Å². The summed E-state index contributed by atoms with van der Waals surface area (Å²) in [5.74, 6) is 0.189. The van der Waals surface area contributed by atoms with Gasteiger partial charge in [-0.25, -0.2) is 8.42 Å². The van der Waals surface area contributed by atoms with Gasteiger partial charge in [-0.2, -0.15) is 0 Å². The fourth-order valence-electron chi connectivity index (χ4n) is 3.32. The van der Waals surface area contributed by atoms with Gasteiger partial charge in [0, 0.05) is 23.1 Å². The molecule has 1 atom stereocenters. The van der Waals surface area contributed by atoms with E-state index in [9.17, 15) is 13.2 Å². The van der Waals surface area contributed by atoms with E-state index < -0.39 is 10.0 Å². The number of hydrogen-bond acceptors (Lipinski definition) is 3. The smallest absolute Gasteiger partial charge is 0.264 e. The summed E-state index contributed by atoms with van der Waals surface area (Å²) in [7, 11) is -3.97. The van der Waals surface area contributed by atoms with E-state index in [1.54, 1.807) is 29.2 Å². The van der Waals surface area contributed by atoms with Crippen LogP contribution in [0.5, 0.6) is 0 Å². The van der Waals surface area contributed by atoms with Crippen molar-refractivity contribution in [2.24, 2.45) is 5.92 Å². The number of carbonyl (C=O) groups is 1. The van der Waals surface area contributed by atoms with Gasteiger partial charge < -0.3 is 4.90 Å². The van der Waals surface area contributed by atoms with Crippen LogP contribution in [-0.4, -0.2) is 38.9 Å². The number of halogens is 2. The van der Waals surface area contributed by atoms with E-state index in [4.69, 9.17) is 23.2 Å². The number of amides is 1. The van der Waals surface area contributed by atoms with Crippen LogP contribution in [0.2, 0.25) is 10.0 Å². The minimum absolute atomic E-state index is 0.0664. The van der Waals surface area contributed by atoms with E-state index in [0.29, 0.717) is 34.7 Å². The van der Waals surface area contributed by atoms with Gasteiger partial charge in [-0.15, -0.1) is 0 Å². The van der Waals surface area contributed by atoms with Crippen molar-refractivity contribution in [2.75, 3.05) is 23.9 Å². The van der Waals surface area contributed by atoms with Crippen LogP contribution in [-0.2, 0) is 14.8 Å². The summed E-state index contributed by atoms with van der Waals surface area (Å²) < 4.78 is 27.7. The molecule has 3 rings (SSSR count). The standard InChI is InChI=1S/C20H22Cl2N2O3S/c1-15-4-3-11-23(13-15)20(25)14-24(18-6-2-5-17(22)12-18)28(26,27)19-9-7-16(21)8-10-19/h2,5-10,12,15H,3-4,11,13-14H2,1H3. The molecule has 1 unspecified atom stereocenters. The highest BCUT2D eigenvalue weighted by Gasteiger charge is 2.30. The molecule has 1 saturated heterocycles. The topological polar surface area (TPSA) is 57.7 Å². The van der Waals surface area contributed by atoms with Gasteiger partial charge >= 0.3 is 0 Å². The molecule has 2 aromatic carbocycles. The molecule has 28 heavy (non-hydrogen) atoms. The zero-order chi connectivity index (χ0) is 20.3. The van der Waals surface area contributed by atoms with Gasteiger partial charge in [-0.05, 0) is 61.2 Å². The summed E-state index contributed by atoms with van der Waals surface area (Å²) in [5.41, 5.74) is 0.348. The van der Waals surface area contributed by atoms with Crippen molar-refractivity contribution in [3.8, 4) is 0 Å². The Hall–Kier alpha value is -1.76. The Labute approximate surface area is 175 Å². The number of sulfonamides is 1. The molecule has 0 N–H and O–H groups in total. The van der Waals surface area contributed by atoms with Crippen LogP contribution in [0, 0.1) is 5.92 Å². The zero-order valence-electron chi connectivity index (χ0n) is 15.5. The molecule has 0 aromatic heterocycles. The predicted octanol–water partition coefficient (Wildman–Crippen LogP) is 4.45. The highest BCUT2D eigenvalue weighted by molar-refractivity contribution is 7.92. The van der Waals surface area contributed by atoms with Gasteiger partial charge in [-0.3, -0.25) is 9.10 Å². The lowest BCUT2D eigenvalue weighted by Gasteiger charge is -2.33. The summed E-state index contributed by atoms with van der Waals surface area (Å²) in [4.78, 5) is 14.7. The third-order valence-electron chi connectivity index (χ3n) is 4.79. The lowest BCUT2D eigenvalue weighted by molar-refractivity contribution is -0.131. The first-order valence-corrected chi connectivity index (χ1v) is 11.3. The number of piperidine rings is 1. The Kier molecular flexibility index (Phi) is 6.53. The second-order valence-corrected chi connectivity index (χ2v) is 9.77. The molecule has 1 fully saturated rings. The highest BCUT2D eigenvalue weighted by atomic mass is 35.5. The van der Waals surface area contributed by atoms with E-state index >= 15 is 0 Å². The van der Waals surface area contributed by atoms with Crippen molar-refractivity contribution in [3.63, 3.8) is 0 Å². The third kappa shape index (κ3) is 4.80. The summed E-state index contributed by atoms with van der Waals surface area (Å²) in [6.07, 6.45) is 2.00. The van der Waals surface area contributed by atoms with Gasteiger partial charge in [0.1, 0.15) is 6.54 Å². The molecule has 1 amide bonds. The van der Waals surface area contributed by atoms with Crippen molar-refractivity contribution in [1.82, 2.24) is 4.90 Å². The number of likely N-dealkylation sites (tertiary alicyclic amines) is 1. The lowest BCUT2D eigenvalue weighted by atomic mass is 10.0. The fourth-order valence-corrected chi connectivity index (χ4v) is 5.04. The summed E-state index contributed by atoms with van der Waals surface area (Å²) in [6.45, 7) is 3.10. The van der Waals surface area contributed by atoms with Crippen molar-refractivity contribution >= 4 is 44.8 Å². The average molecular weight is 441 g/mol. The third-order valence-corrected chi connectivity index (χ3v) is 7.06. The normalized spacial score (nSPS) is 17.4. The van der Waals surface area contributed by atoms with Gasteiger partial charge in [0.25, 0.3) is 10.0 Å². The molecule has 1 aliphatic heterocycles. The predicted molar refractivity (Wildman–Crippen MR) is 112 cm³/mol. The monoisotopic (exact) mass is 440 g/mol. The van der Waals surface area contributed by atoms with E-state index in [-0.39, 0.29) is 17.3 Å². The maximum atomic E-state index is 13.3. The second-order valence-electron chi connectivity index (χ2n) is 7.03. The molecule has 1 heterocycles. The van der Waals surface area contributed by atoms with E-state index in [0.717, 1.165) is 17.1 Å². The van der Waals surface area contributed by atoms with Gasteiger partial charge in [0.15, 0.2) is 0 Å². The molecule has 5 nitrogen and oxygen atoms in total. The van der Waals surface area contributed by atoms with Crippen LogP contribution in [0.25, 0.3) is 0 Å². The van der Waals surface area contributed by atoms with E-state index in [2.05, 4.69) is 6.92 Å². The quantitative estimate of drug-likeness (QED) is 0.689.